The van der Waals surface area contributed by atoms with Crippen molar-refractivity contribution in [3.63, 3.8) is 0 Å². The highest BCUT2D eigenvalue weighted by Gasteiger charge is 2.56. The van der Waals surface area contributed by atoms with Gasteiger partial charge in [-0.2, -0.15) is 0 Å². The molecule has 1 aromatic heterocycles. The first-order valence-electron chi connectivity index (χ1n) is 8.63. The van der Waals surface area contributed by atoms with Gasteiger partial charge in [-0.15, -0.1) is 0 Å². The van der Waals surface area contributed by atoms with Gasteiger partial charge in [0.2, 0.25) is 5.91 Å². The van der Waals surface area contributed by atoms with E-state index in [1.54, 1.807) is 12.4 Å². The minimum Gasteiger partial charge on any atom is -0.377 e. The lowest BCUT2D eigenvalue weighted by Crippen LogP contribution is -2.63. The third kappa shape index (κ3) is 2.54. The standard InChI is InChI=1S/C18H24N2O2/c21-15(10-12-4-3-8-19-11-12)20-17-14-7-9-22-18(14)16(17)13-5-1-2-6-13/h3-4,8,11,13-14,16-18H,1-2,5-7,9-10H2,(H,20,21)/t14-,16+,17-,18-/m0/s1. The van der Waals surface area contributed by atoms with Gasteiger partial charge in [-0.05, 0) is 24.0 Å². The molecular weight excluding hydrogens is 276 g/mol. The van der Waals surface area contributed by atoms with Gasteiger partial charge in [0, 0.05) is 36.9 Å². The van der Waals surface area contributed by atoms with Crippen LogP contribution in [0.5, 0.6) is 0 Å². The number of amides is 1. The van der Waals surface area contributed by atoms with Crippen molar-refractivity contribution in [1.29, 1.82) is 0 Å². The molecule has 22 heavy (non-hydrogen) atoms. The maximum absolute atomic E-state index is 12.4. The van der Waals surface area contributed by atoms with Crippen LogP contribution in [-0.2, 0) is 16.0 Å². The maximum atomic E-state index is 12.4. The molecule has 0 bridgehead atoms. The van der Waals surface area contributed by atoms with E-state index in [9.17, 15) is 4.79 Å². The van der Waals surface area contributed by atoms with Crippen LogP contribution >= 0.6 is 0 Å². The number of aromatic nitrogens is 1. The zero-order chi connectivity index (χ0) is 14.9. The molecule has 2 aliphatic carbocycles. The molecule has 1 aromatic rings. The second-order valence-corrected chi connectivity index (χ2v) is 7.04. The van der Waals surface area contributed by atoms with Gasteiger partial charge in [0.25, 0.3) is 0 Å². The first kappa shape index (κ1) is 14.2. The van der Waals surface area contributed by atoms with E-state index in [2.05, 4.69) is 10.3 Å². The molecule has 118 valence electrons. The Morgan fingerprint density at radius 1 is 1.32 bits per heavy atom. The molecule has 3 aliphatic rings. The molecule has 0 spiro atoms. The second kappa shape index (κ2) is 5.99. The van der Waals surface area contributed by atoms with E-state index in [4.69, 9.17) is 4.74 Å². The number of fused-ring (bicyclic) bond motifs is 1. The molecule has 4 atom stereocenters. The highest BCUT2D eigenvalue weighted by Crippen LogP contribution is 2.51. The van der Waals surface area contributed by atoms with Gasteiger partial charge in [-0.3, -0.25) is 9.78 Å². The highest BCUT2D eigenvalue weighted by atomic mass is 16.5. The Morgan fingerprint density at radius 2 is 2.18 bits per heavy atom. The molecule has 1 saturated heterocycles. The summed E-state index contributed by atoms with van der Waals surface area (Å²) >= 11 is 0. The van der Waals surface area contributed by atoms with Crippen molar-refractivity contribution in [2.24, 2.45) is 17.8 Å². The largest absolute Gasteiger partial charge is 0.377 e. The van der Waals surface area contributed by atoms with Crippen LogP contribution in [0.3, 0.4) is 0 Å². The molecule has 2 heterocycles. The lowest BCUT2D eigenvalue weighted by Gasteiger charge is -2.50. The molecular formula is C18H24N2O2. The Balaban J connectivity index is 1.40. The fraction of sp³-hybridized carbons (Fsp3) is 0.667. The van der Waals surface area contributed by atoms with Crippen molar-refractivity contribution in [2.75, 3.05) is 6.61 Å². The molecule has 2 saturated carbocycles. The van der Waals surface area contributed by atoms with Crippen molar-refractivity contribution in [2.45, 2.75) is 50.7 Å². The third-order valence-corrected chi connectivity index (χ3v) is 5.80. The summed E-state index contributed by atoms with van der Waals surface area (Å²) in [7, 11) is 0. The topological polar surface area (TPSA) is 51.2 Å². The molecule has 1 N–H and O–H groups in total. The number of nitrogens with zero attached hydrogens (tertiary/aromatic N) is 1. The van der Waals surface area contributed by atoms with Crippen LogP contribution in [0.25, 0.3) is 0 Å². The van der Waals surface area contributed by atoms with Gasteiger partial charge in [0.15, 0.2) is 0 Å². The molecule has 4 nitrogen and oxygen atoms in total. The highest BCUT2D eigenvalue weighted by molar-refractivity contribution is 5.79. The molecule has 0 aromatic carbocycles. The summed E-state index contributed by atoms with van der Waals surface area (Å²) in [4.78, 5) is 16.5. The number of hydrogen-bond donors (Lipinski definition) is 1. The number of carbonyl (C=O) groups excluding carboxylic acids is 1. The van der Waals surface area contributed by atoms with E-state index in [1.807, 2.05) is 12.1 Å². The number of hydrogen-bond acceptors (Lipinski definition) is 3. The van der Waals surface area contributed by atoms with Crippen LogP contribution in [0.15, 0.2) is 24.5 Å². The smallest absolute Gasteiger partial charge is 0.224 e. The van der Waals surface area contributed by atoms with E-state index in [0.717, 1.165) is 24.5 Å². The summed E-state index contributed by atoms with van der Waals surface area (Å²) in [5.41, 5.74) is 0.982. The first-order chi connectivity index (χ1) is 10.8. The van der Waals surface area contributed by atoms with Crippen molar-refractivity contribution in [3.8, 4) is 0 Å². The Morgan fingerprint density at radius 3 is 2.95 bits per heavy atom. The minimum absolute atomic E-state index is 0.131. The van der Waals surface area contributed by atoms with Crippen molar-refractivity contribution >= 4 is 5.91 Å². The molecule has 1 aliphatic heterocycles. The Bertz CT molecular complexity index is 522. The molecule has 0 unspecified atom stereocenters. The van der Waals surface area contributed by atoms with E-state index in [0.29, 0.717) is 30.4 Å². The van der Waals surface area contributed by atoms with Gasteiger partial charge >= 0.3 is 0 Å². The average molecular weight is 300 g/mol. The van der Waals surface area contributed by atoms with Crippen LogP contribution in [0.2, 0.25) is 0 Å². The van der Waals surface area contributed by atoms with E-state index < -0.39 is 0 Å². The van der Waals surface area contributed by atoms with Gasteiger partial charge < -0.3 is 10.1 Å². The van der Waals surface area contributed by atoms with Gasteiger partial charge in [-0.1, -0.05) is 31.7 Å². The lowest BCUT2D eigenvalue weighted by molar-refractivity contribution is -0.129. The summed E-state index contributed by atoms with van der Waals surface area (Å²) in [6.07, 6.45) is 10.8. The molecule has 3 fully saturated rings. The summed E-state index contributed by atoms with van der Waals surface area (Å²) in [5.74, 6) is 1.98. The van der Waals surface area contributed by atoms with Crippen LogP contribution in [0, 0.1) is 17.8 Å². The lowest BCUT2D eigenvalue weighted by atomic mass is 9.61. The van der Waals surface area contributed by atoms with Gasteiger partial charge in [0.1, 0.15) is 0 Å². The third-order valence-electron chi connectivity index (χ3n) is 5.80. The number of carbonyl (C=O) groups is 1. The predicted octanol–water partition coefficient (Wildman–Crippen LogP) is 2.33. The normalized spacial score (nSPS) is 34.2. The fourth-order valence-electron chi connectivity index (χ4n) is 4.78. The molecule has 4 rings (SSSR count). The number of ether oxygens (including phenoxy) is 1. The molecule has 0 radical (unpaired) electrons. The van der Waals surface area contributed by atoms with Crippen LogP contribution in [0.1, 0.15) is 37.7 Å². The average Bonchev–Trinajstić information content (AvgIpc) is 3.17. The minimum atomic E-state index is 0.131. The Kier molecular flexibility index (Phi) is 3.87. The van der Waals surface area contributed by atoms with E-state index in [1.165, 1.54) is 25.7 Å². The quantitative estimate of drug-likeness (QED) is 0.928. The molecule has 1 amide bonds. The van der Waals surface area contributed by atoms with Gasteiger partial charge in [0.05, 0.1) is 12.5 Å². The first-order valence-corrected chi connectivity index (χ1v) is 8.63. The van der Waals surface area contributed by atoms with Crippen molar-refractivity contribution in [3.05, 3.63) is 30.1 Å². The summed E-state index contributed by atoms with van der Waals surface area (Å²) in [5, 5.41) is 3.32. The summed E-state index contributed by atoms with van der Waals surface area (Å²) in [6, 6.07) is 4.18. The van der Waals surface area contributed by atoms with Crippen LogP contribution in [0.4, 0.5) is 0 Å². The van der Waals surface area contributed by atoms with Crippen LogP contribution < -0.4 is 5.32 Å². The number of rotatable bonds is 4. The molecule has 4 heteroatoms. The zero-order valence-electron chi connectivity index (χ0n) is 12.9. The number of pyridine rings is 1. The van der Waals surface area contributed by atoms with E-state index >= 15 is 0 Å². The van der Waals surface area contributed by atoms with E-state index in [-0.39, 0.29) is 5.91 Å². The maximum Gasteiger partial charge on any atom is 0.224 e. The summed E-state index contributed by atoms with van der Waals surface area (Å²) in [6.45, 7) is 0.869. The monoisotopic (exact) mass is 300 g/mol. The van der Waals surface area contributed by atoms with Crippen molar-refractivity contribution < 1.29 is 9.53 Å². The zero-order valence-corrected chi connectivity index (χ0v) is 12.9. The fourth-order valence-corrected chi connectivity index (χ4v) is 4.78. The Hall–Kier alpha value is -1.42. The predicted molar refractivity (Wildman–Crippen MR) is 83.2 cm³/mol. The van der Waals surface area contributed by atoms with Crippen LogP contribution in [-0.4, -0.2) is 29.6 Å². The van der Waals surface area contributed by atoms with Crippen molar-refractivity contribution in [1.82, 2.24) is 10.3 Å². The SMILES string of the molecule is O=C(Cc1cccnc1)N[C@H]1[C@@H]2CCO[C@@H]2[C@@H]1C1CCCC1. The number of nitrogens with one attached hydrogen (secondary N) is 1. The second-order valence-electron chi connectivity index (χ2n) is 7.04. The summed E-state index contributed by atoms with van der Waals surface area (Å²) < 4.78 is 5.95. The van der Waals surface area contributed by atoms with Gasteiger partial charge in [-0.25, -0.2) is 0 Å². The Labute approximate surface area is 131 Å².